The van der Waals surface area contributed by atoms with Crippen LogP contribution in [-0.4, -0.2) is 16.2 Å². The van der Waals surface area contributed by atoms with Gasteiger partial charge in [0.05, 0.1) is 0 Å². The van der Waals surface area contributed by atoms with Crippen molar-refractivity contribution in [3.63, 3.8) is 0 Å². The molecule has 0 spiro atoms. The van der Waals surface area contributed by atoms with E-state index in [2.05, 4.69) is 0 Å². The van der Waals surface area contributed by atoms with E-state index >= 15 is 0 Å². The molecule has 0 aliphatic heterocycles. The Bertz CT molecular complexity index is 8.00. The Labute approximate surface area is 42.1 Å². The normalized spacial score (nSPS) is 2.00. The van der Waals surface area contributed by atoms with Gasteiger partial charge in [-0.3, -0.25) is 0 Å². The Morgan fingerprint density at radius 1 is 1.25 bits per heavy atom. The molecule has 0 radical (unpaired) electrons. The SMILES string of the molecule is [O]=[AlH].[O]=[Rh]. The molecule has 0 aromatic rings. The van der Waals surface area contributed by atoms with Gasteiger partial charge in [0.25, 0.3) is 0 Å². The molecule has 0 rings (SSSR count). The second kappa shape index (κ2) is 49.9. The van der Waals surface area contributed by atoms with Crippen molar-refractivity contribution in [1.29, 1.82) is 0 Å². The molecule has 0 aromatic carbocycles. The zero-order chi connectivity index (χ0) is 4.00. The molecule has 0 saturated carbocycles. The Morgan fingerprint density at radius 2 is 1.25 bits per heavy atom. The van der Waals surface area contributed by atoms with Crippen molar-refractivity contribution >= 4 is 16.2 Å². The molecule has 0 amide bonds. The fourth-order valence-electron chi connectivity index (χ4n) is 0. The third-order valence-electron chi connectivity index (χ3n) is 0. The Kier molecular flexibility index (Phi) is 110. The summed E-state index contributed by atoms with van der Waals surface area (Å²) in [4.78, 5) is 0. The van der Waals surface area contributed by atoms with Crippen LogP contribution in [0.25, 0.3) is 0 Å². The van der Waals surface area contributed by atoms with Crippen molar-refractivity contribution in [2.45, 2.75) is 0 Å². The van der Waals surface area contributed by atoms with Gasteiger partial charge in [-0.25, -0.2) is 0 Å². The predicted octanol–water partition coefficient (Wildman–Crippen LogP) is -0.889. The van der Waals surface area contributed by atoms with Crippen molar-refractivity contribution in [2.24, 2.45) is 0 Å². The average molecular weight is 163 g/mol. The minimum absolute atomic E-state index is 0.611. The first kappa shape index (κ1) is 8.83. The molecule has 4 heteroatoms. The molecule has 0 aromatic heterocycles. The van der Waals surface area contributed by atoms with Gasteiger partial charge >= 0.3 is 41.9 Å². The summed E-state index contributed by atoms with van der Waals surface area (Å²) in [6.45, 7) is 0. The number of hydrogen-bond acceptors (Lipinski definition) is 2. The van der Waals surface area contributed by atoms with Gasteiger partial charge in [0.15, 0.2) is 0 Å². The fraction of sp³-hybridized carbons (Fsp3) is 0. The van der Waals surface area contributed by atoms with E-state index in [0.717, 1.165) is 0 Å². The minimum atomic E-state index is 0.611. The van der Waals surface area contributed by atoms with E-state index < -0.39 is 0 Å². The van der Waals surface area contributed by atoms with Crippen LogP contribution in [0.2, 0.25) is 0 Å². The fourth-order valence-corrected chi connectivity index (χ4v) is 0. The van der Waals surface area contributed by atoms with Crippen molar-refractivity contribution in [3.05, 3.63) is 0 Å². The predicted molar refractivity (Wildman–Crippen MR) is 8.52 cm³/mol. The second-order valence-corrected chi connectivity index (χ2v) is 0. The van der Waals surface area contributed by atoms with Gasteiger partial charge in [-0.15, -0.1) is 0 Å². The molecule has 0 fully saturated rings. The van der Waals surface area contributed by atoms with Gasteiger partial charge in [-0.2, -0.15) is 0 Å². The van der Waals surface area contributed by atoms with Crippen LogP contribution in [0, 0.1) is 0 Å². The maximum atomic E-state index is 8.28. The van der Waals surface area contributed by atoms with E-state index in [-0.39, 0.29) is 0 Å². The summed E-state index contributed by atoms with van der Waals surface area (Å²) < 4.78 is 16.4. The first-order chi connectivity index (χ1) is 2.00. The molecule has 25 valence electrons. The number of rotatable bonds is 0. The van der Waals surface area contributed by atoms with Crippen molar-refractivity contribution in [3.8, 4) is 0 Å². The Balaban J connectivity index is 0. The summed E-state index contributed by atoms with van der Waals surface area (Å²) in [5, 5.41) is 0. The van der Waals surface area contributed by atoms with E-state index in [4.69, 9.17) is 7.38 Å². The van der Waals surface area contributed by atoms with Gasteiger partial charge in [-0.1, -0.05) is 0 Å². The van der Waals surface area contributed by atoms with E-state index in [0.29, 0.717) is 16.2 Å². The Hall–Kier alpha value is 0.756. The molecule has 0 saturated heterocycles. The first-order valence-corrected chi connectivity index (χ1v) is 1.67. The molecule has 0 unspecified atom stereocenters. The molecular weight excluding hydrogens is 162 g/mol. The third kappa shape index (κ3) is 14.9. The summed E-state index contributed by atoms with van der Waals surface area (Å²) in [7, 11) is 0. The van der Waals surface area contributed by atoms with Crippen LogP contribution in [0.4, 0.5) is 0 Å². The molecule has 2 nitrogen and oxygen atoms in total. The average Bonchev–Trinajstić information content (AvgIpc) is 1.50. The van der Waals surface area contributed by atoms with Gasteiger partial charge in [-0.05, 0) is 0 Å². The zero-order valence-corrected chi connectivity index (χ0v) is 4.91. The molecule has 0 bridgehead atoms. The topological polar surface area (TPSA) is 34.1 Å². The summed E-state index contributed by atoms with van der Waals surface area (Å²) in [6.07, 6.45) is 0. The van der Waals surface area contributed by atoms with Crippen molar-refractivity contribution in [2.75, 3.05) is 0 Å². The van der Waals surface area contributed by atoms with Crippen LogP contribution in [-0.2, 0) is 25.6 Å². The summed E-state index contributed by atoms with van der Waals surface area (Å²) in [5.74, 6) is 0. The van der Waals surface area contributed by atoms with Gasteiger partial charge in [0.2, 0.25) is 0 Å². The quantitative estimate of drug-likeness (QED) is 0.434. The molecule has 4 heavy (non-hydrogen) atoms. The van der Waals surface area contributed by atoms with Crippen LogP contribution in [0.3, 0.4) is 0 Å². The molecular formula is HAlO2Rh. The van der Waals surface area contributed by atoms with E-state index in [9.17, 15) is 0 Å². The van der Waals surface area contributed by atoms with Crippen molar-refractivity contribution < 1.29 is 25.6 Å². The van der Waals surface area contributed by atoms with E-state index in [1.165, 1.54) is 18.3 Å². The summed E-state index contributed by atoms with van der Waals surface area (Å²) >= 11 is 1.91. The van der Waals surface area contributed by atoms with E-state index in [1.54, 1.807) is 0 Å². The molecule has 0 heterocycles. The zero-order valence-electron chi connectivity index (χ0n) is 1.86. The van der Waals surface area contributed by atoms with Crippen LogP contribution in [0.1, 0.15) is 0 Å². The van der Waals surface area contributed by atoms with Crippen LogP contribution >= 0.6 is 0 Å². The van der Waals surface area contributed by atoms with E-state index in [1.807, 2.05) is 0 Å². The molecule has 0 aliphatic carbocycles. The van der Waals surface area contributed by atoms with Crippen molar-refractivity contribution in [1.82, 2.24) is 0 Å². The van der Waals surface area contributed by atoms with Crippen LogP contribution < -0.4 is 0 Å². The third-order valence-corrected chi connectivity index (χ3v) is 0. The standard InChI is InChI=1S/Al.2O.Rh.H. The van der Waals surface area contributed by atoms with Gasteiger partial charge < -0.3 is 0 Å². The number of hydrogen-bond donors (Lipinski definition) is 0. The maximum absolute atomic E-state index is 8.28. The van der Waals surface area contributed by atoms with Crippen LogP contribution in [0.5, 0.6) is 0 Å². The van der Waals surface area contributed by atoms with Gasteiger partial charge in [0, 0.05) is 0 Å². The monoisotopic (exact) mass is 163 g/mol. The van der Waals surface area contributed by atoms with Gasteiger partial charge in [0.1, 0.15) is 0 Å². The molecule has 0 N–H and O–H groups in total. The summed E-state index contributed by atoms with van der Waals surface area (Å²) in [5.41, 5.74) is 0. The molecule has 0 aliphatic rings. The summed E-state index contributed by atoms with van der Waals surface area (Å²) in [6, 6.07) is 0. The van der Waals surface area contributed by atoms with Crippen LogP contribution in [0.15, 0.2) is 0 Å². The Morgan fingerprint density at radius 3 is 1.25 bits per heavy atom. The second-order valence-electron chi connectivity index (χ2n) is 0. The first-order valence-electron chi connectivity index (χ1n) is 0.425. The molecule has 0 atom stereocenters.